The van der Waals surface area contributed by atoms with E-state index in [1.54, 1.807) is 36.4 Å². The van der Waals surface area contributed by atoms with Gasteiger partial charge in [0.2, 0.25) is 11.8 Å². The molecule has 0 unspecified atom stereocenters. The first kappa shape index (κ1) is 27.1. The van der Waals surface area contributed by atoms with Crippen molar-refractivity contribution < 1.29 is 27.1 Å². The number of anilines is 1. The average molecular weight is 603 g/mol. The average Bonchev–Trinajstić information content (AvgIpc) is 3.18. The van der Waals surface area contributed by atoms with Gasteiger partial charge >= 0.3 is 0 Å². The van der Waals surface area contributed by atoms with E-state index in [1.165, 1.54) is 18.2 Å². The Morgan fingerprint density at radius 3 is 2.45 bits per heavy atom. The first-order valence-electron chi connectivity index (χ1n) is 12.9. The molecule has 1 spiro atoms. The lowest BCUT2D eigenvalue weighted by molar-refractivity contribution is -0.131. The van der Waals surface area contributed by atoms with E-state index < -0.39 is 39.1 Å². The fourth-order valence-electron chi connectivity index (χ4n) is 6.29. The van der Waals surface area contributed by atoms with Gasteiger partial charge in [-0.1, -0.05) is 41.4 Å². The normalized spacial score (nSPS) is 25.8. The van der Waals surface area contributed by atoms with Crippen LogP contribution in [0, 0.1) is 5.82 Å². The van der Waals surface area contributed by atoms with Gasteiger partial charge in [0, 0.05) is 33.6 Å². The van der Waals surface area contributed by atoms with Crippen molar-refractivity contribution in [2.75, 3.05) is 16.8 Å². The molecule has 0 aliphatic carbocycles. The predicted octanol–water partition coefficient (Wildman–Crippen LogP) is 5.32. The van der Waals surface area contributed by atoms with Crippen molar-refractivity contribution in [3.63, 3.8) is 0 Å². The molecule has 2 saturated heterocycles. The van der Waals surface area contributed by atoms with Crippen molar-refractivity contribution in [1.82, 2.24) is 5.32 Å². The number of hydrogen-bond acceptors (Lipinski definition) is 5. The summed E-state index contributed by atoms with van der Waals surface area (Å²) in [5, 5.41) is 6.79. The van der Waals surface area contributed by atoms with Crippen LogP contribution in [0.1, 0.15) is 47.9 Å². The molecule has 0 saturated carbocycles. The number of nitrogens with one attached hydrogen (secondary N) is 2. The second-order valence-corrected chi connectivity index (χ2v) is 13.7. The minimum atomic E-state index is -3.13. The van der Waals surface area contributed by atoms with E-state index in [9.17, 15) is 22.4 Å². The Hall–Kier alpha value is -3.14. The molecule has 2 fully saturated rings. The fraction of sp³-hybridized carbons (Fsp3) is 0.310. The zero-order chi connectivity index (χ0) is 28.2. The summed E-state index contributed by atoms with van der Waals surface area (Å²) >= 11 is 12.6. The number of amides is 2. The molecule has 7 nitrogen and oxygen atoms in total. The fourth-order valence-corrected chi connectivity index (χ4v) is 8.11. The SMILES string of the molecule is O=C1C[C@@H](c2cccc(Cl)c2)[C@]2(C(=O)Nc3cc(Cl)ccc32)[C@@H](c2cc(F)ccc2OC2CCS(=O)(=O)CC2)N1. The van der Waals surface area contributed by atoms with E-state index in [0.717, 1.165) is 0 Å². The molecule has 6 rings (SSSR count). The summed E-state index contributed by atoms with van der Waals surface area (Å²) in [6.07, 6.45) is 0.135. The number of piperidine rings is 1. The highest BCUT2D eigenvalue weighted by Gasteiger charge is 2.61. The van der Waals surface area contributed by atoms with Gasteiger partial charge in [-0.2, -0.15) is 0 Å². The summed E-state index contributed by atoms with van der Waals surface area (Å²) in [5.41, 5.74) is 0.673. The van der Waals surface area contributed by atoms with E-state index in [4.69, 9.17) is 27.9 Å². The first-order valence-corrected chi connectivity index (χ1v) is 15.5. The Balaban J connectivity index is 1.54. The maximum Gasteiger partial charge on any atom is 0.238 e. The van der Waals surface area contributed by atoms with Gasteiger partial charge in [-0.05, 0) is 66.4 Å². The number of fused-ring (bicyclic) bond motifs is 2. The van der Waals surface area contributed by atoms with Crippen LogP contribution in [0.4, 0.5) is 10.1 Å². The Labute approximate surface area is 240 Å². The van der Waals surface area contributed by atoms with Gasteiger partial charge in [-0.3, -0.25) is 9.59 Å². The quantitative estimate of drug-likeness (QED) is 0.420. The molecule has 2 N–H and O–H groups in total. The summed E-state index contributed by atoms with van der Waals surface area (Å²) in [6, 6.07) is 15.0. The lowest BCUT2D eigenvalue weighted by atomic mass is 9.59. The van der Waals surface area contributed by atoms with Crippen molar-refractivity contribution >= 4 is 50.5 Å². The highest BCUT2D eigenvalue weighted by molar-refractivity contribution is 7.91. The number of rotatable bonds is 4. The van der Waals surface area contributed by atoms with Gasteiger partial charge in [0.05, 0.1) is 17.5 Å². The molecule has 3 aliphatic rings. The summed E-state index contributed by atoms with van der Waals surface area (Å²) in [5.74, 6) is -1.68. The first-order chi connectivity index (χ1) is 19.1. The molecule has 208 valence electrons. The third kappa shape index (κ3) is 4.63. The number of carbonyl (C=O) groups is 2. The molecule has 3 aromatic rings. The summed E-state index contributed by atoms with van der Waals surface area (Å²) < 4.78 is 45.1. The minimum Gasteiger partial charge on any atom is -0.490 e. The van der Waals surface area contributed by atoms with Crippen LogP contribution in [0.2, 0.25) is 10.0 Å². The van der Waals surface area contributed by atoms with Crippen molar-refractivity contribution in [3.05, 3.63) is 93.2 Å². The topological polar surface area (TPSA) is 102 Å². The molecule has 0 radical (unpaired) electrons. The second kappa shape index (κ2) is 10.0. The zero-order valence-corrected chi connectivity index (χ0v) is 23.5. The van der Waals surface area contributed by atoms with Crippen LogP contribution < -0.4 is 15.4 Å². The number of benzene rings is 3. The van der Waals surface area contributed by atoms with Gasteiger partial charge in [-0.25, -0.2) is 12.8 Å². The van der Waals surface area contributed by atoms with Crippen LogP contribution in [0.3, 0.4) is 0 Å². The highest BCUT2D eigenvalue weighted by atomic mass is 35.5. The monoisotopic (exact) mass is 602 g/mol. The molecule has 3 heterocycles. The Kier molecular flexibility index (Phi) is 6.79. The number of halogens is 3. The van der Waals surface area contributed by atoms with Gasteiger partial charge in [0.25, 0.3) is 0 Å². The third-order valence-corrected chi connectivity index (χ3v) is 10.3. The van der Waals surface area contributed by atoms with Crippen molar-refractivity contribution in [2.45, 2.75) is 42.7 Å². The van der Waals surface area contributed by atoms with Crippen LogP contribution in [0.15, 0.2) is 60.7 Å². The van der Waals surface area contributed by atoms with Crippen LogP contribution in [-0.2, 0) is 24.8 Å². The molecule has 0 aromatic heterocycles. The molecular formula is C29H25Cl2FN2O5S. The van der Waals surface area contributed by atoms with E-state index in [0.29, 0.717) is 26.9 Å². The predicted molar refractivity (Wildman–Crippen MR) is 150 cm³/mol. The van der Waals surface area contributed by atoms with Crippen LogP contribution >= 0.6 is 23.2 Å². The lowest BCUT2D eigenvalue weighted by Crippen LogP contribution is -2.57. The molecule has 11 heteroatoms. The van der Waals surface area contributed by atoms with E-state index in [1.807, 2.05) is 6.07 Å². The highest BCUT2D eigenvalue weighted by Crippen LogP contribution is 2.58. The van der Waals surface area contributed by atoms with Gasteiger partial charge in [-0.15, -0.1) is 0 Å². The summed E-state index contributed by atoms with van der Waals surface area (Å²) in [7, 11) is -3.13. The smallest absolute Gasteiger partial charge is 0.238 e. The van der Waals surface area contributed by atoms with Gasteiger partial charge < -0.3 is 15.4 Å². The standard InChI is InChI=1S/C29H25Cl2FN2O5S/c30-17-3-1-2-16(12-17)23-15-26(35)34-27(29(23)22-6-4-18(31)13-24(22)33-28(29)36)21-14-19(32)5-7-25(21)39-20-8-10-40(37,38)11-9-20/h1-7,12-14,20,23,27H,8-11,15H2,(H,33,36)(H,34,35)/t23-,27+,29-/m0/s1. The summed E-state index contributed by atoms with van der Waals surface area (Å²) in [4.78, 5) is 27.5. The number of ether oxygens (including phenoxy) is 1. The summed E-state index contributed by atoms with van der Waals surface area (Å²) in [6.45, 7) is 0. The maximum absolute atomic E-state index is 14.9. The molecule has 3 aromatic carbocycles. The molecule has 0 bridgehead atoms. The zero-order valence-electron chi connectivity index (χ0n) is 21.1. The molecule has 2 amide bonds. The van der Waals surface area contributed by atoms with E-state index in [-0.39, 0.29) is 53.9 Å². The van der Waals surface area contributed by atoms with E-state index >= 15 is 0 Å². The van der Waals surface area contributed by atoms with Crippen molar-refractivity contribution in [1.29, 1.82) is 0 Å². The van der Waals surface area contributed by atoms with Crippen molar-refractivity contribution in [3.8, 4) is 5.75 Å². The van der Waals surface area contributed by atoms with Gasteiger partial charge in [0.1, 0.15) is 23.1 Å². The number of sulfone groups is 1. The van der Waals surface area contributed by atoms with E-state index in [2.05, 4.69) is 10.6 Å². The second-order valence-electron chi connectivity index (χ2n) is 10.5. The minimum absolute atomic E-state index is 0.00826. The van der Waals surface area contributed by atoms with Crippen LogP contribution in [0.25, 0.3) is 0 Å². The molecule has 40 heavy (non-hydrogen) atoms. The Bertz CT molecular complexity index is 1640. The maximum atomic E-state index is 14.9. The third-order valence-electron chi connectivity index (χ3n) is 8.08. The van der Waals surface area contributed by atoms with Crippen LogP contribution in [0.5, 0.6) is 5.75 Å². The molecule has 3 aliphatic heterocycles. The molecule has 3 atom stereocenters. The van der Waals surface area contributed by atoms with Crippen molar-refractivity contribution in [2.24, 2.45) is 0 Å². The largest absolute Gasteiger partial charge is 0.490 e. The Morgan fingerprint density at radius 1 is 0.950 bits per heavy atom. The van der Waals surface area contributed by atoms with Gasteiger partial charge in [0.15, 0.2) is 9.84 Å². The number of hydrogen-bond donors (Lipinski definition) is 2. The number of carbonyl (C=O) groups excluding carboxylic acids is 2. The van der Waals surface area contributed by atoms with Crippen LogP contribution in [-0.4, -0.2) is 37.8 Å². The Morgan fingerprint density at radius 2 is 1.70 bits per heavy atom. The lowest BCUT2D eigenvalue weighted by Gasteiger charge is -2.46. The molecular weight excluding hydrogens is 578 g/mol.